The van der Waals surface area contributed by atoms with Gasteiger partial charge >= 0.3 is 0 Å². The van der Waals surface area contributed by atoms with Gasteiger partial charge in [-0.15, -0.1) is 22.7 Å². The molecule has 3 rings (SSSR count). The first kappa shape index (κ1) is 13.8. The summed E-state index contributed by atoms with van der Waals surface area (Å²) in [4.78, 5) is 1.14. The van der Waals surface area contributed by atoms with Crippen LogP contribution < -0.4 is 0 Å². The highest BCUT2D eigenvalue weighted by atomic mass is 79.9. The molecule has 0 amide bonds. The second-order valence-electron chi connectivity index (χ2n) is 4.35. The molecule has 1 aliphatic rings. The van der Waals surface area contributed by atoms with Crippen molar-refractivity contribution < 1.29 is 8.42 Å². The van der Waals surface area contributed by atoms with Gasteiger partial charge in [0.2, 0.25) is 0 Å². The third-order valence-corrected chi connectivity index (χ3v) is 8.16. The van der Waals surface area contributed by atoms with E-state index in [-0.39, 0.29) is 6.04 Å². The van der Waals surface area contributed by atoms with Gasteiger partial charge in [0, 0.05) is 11.4 Å². The van der Waals surface area contributed by atoms with E-state index >= 15 is 0 Å². The van der Waals surface area contributed by atoms with Crippen LogP contribution in [0.15, 0.2) is 37.6 Å². The van der Waals surface area contributed by atoms with E-state index in [0.29, 0.717) is 10.8 Å². The quantitative estimate of drug-likeness (QED) is 0.807. The van der Waals surface area contributed by atoms with E-state index in [0.717, 1.165) is 21.5 Å². The van der Waals surface area contributed by atoms with Crippen molar-refractivity contribution in [3.8, 4) is 0 Å². The normalized spacial score (nSPS) is 21.0. The molecule has 0 unspecified atom stereocenters. The maximum atomic E-state index is 12.7. The van der Waals surface area contributed by atoms with Crippen molar-refractivity contribution in [2.45, 2.75) is 23.1 Å². The van der Waals surface area contributed by atoms with E-state index in [2.05, 4.69) is 15.9 Å². The smallest absolute Gasteiger partial charge is 0.206 e. The van der Waals surface area contributed by atoms with Gasteiger partial charge in [-0.2, -0.15) is 4.31 Å². The van der Waals surface area contributed by atoms with Gasteiger partial charge < -0.3 is 0 Å². The Morgan fingerprint density at radius 3 is 2.79 bits per heavy atom. The highest BCUT2D eigenvalue weighted by molar-refractivity contribution is 9.11. The summed E-state index contributed by atoms with van der Waals surface area (Å²) in [5.41, 5.74) is 0. The SMILES string of the molecule is O=S(=O)(c1ccc(Br)s1)N1CCC[C@H]1c1cccs1. The lowest BCUT2D eigenvalue weighted by Gasteiger charge is -2.22. The minimum atomic E-state index is -3.36. The summed E-state index contributed by atoms with van der Waals surface area (Å²) in [6, 6.07) is 7.46. The molecule has 0 aliphatic carbocycles. The minimum absolute atomic E-state index is 0.00544. The van der Waals surface area contributed by atoms with E-state index in [1.165, 1.54) is 11.3 Å². The number of rotatable bonds is 3. The maximum absolute atomic E-state index is 12.7. The predicted molar refractivity (Wildman–Crippen MR) is 82.2 cm³/mol. The fourth-order valence-electron chi connectivity index (χ4n) is 2.34. The molecule has 1 atom stereocenters. The molecular formula is C12H12BrNO2S3. The largest absolute Gasteiger partial charge is 0.253 e. The van der Waals surface area contributed by atoms with Crippen LogP contribution in [0.25, 0.3) is 0 Å². The van der Waals surface area contributed by atoms with E-state index in [1.807, 2.05) is 17.5 Å². The lowest BCUT2D eigenvalue weighted by Crippen LogP contribution is -2.29. The van der Waals surface area contributed by atoms with Gasteiger partial charge in [-0.05, 0) is 52.4 Å². The molecule has 0 bridgehead atoms. The van der Waals surface area contributed by atoms with Crippen LogP contribution in [0.2, 0.25) is 0 Å². The lowest BCUT2D eigenvalue weighted by atomic mass is 10.2. The molecule has 0 radical (unpaired) electrons. The Kier molecular flexibility index (Phi) is 3.83. The number of hydrogen-bond donors (Lipinski definition) is 0. The molecule has 1 fully saturated rings. The molecular weight excluding hydrogens is 366 g/mol. The van der Waals surface area contributed by atoms with Crippen molar-refractivity contribution in [1.82, 2.24) is 4.31 Å². The van der Waals surface area contributed by atoms with Crippen LogP contribution in [0.5, 0.6) is 0 Å². The van der Waals surface area contributed by atoms with Crippen molar-refractivity contribution in [3.05, 3.63) is 38.3 Å². The fourth-order valence-corrected chi connectivity index (χ4v) is 7.10. The molecule has 7 heteroatoms. The predicted octanol–water partition coefficient (Wildman–Crippen LogP) is 4.10. The van der Waals surface area contributed by atoms with E-state index in [1.54, 1.807) is 27.8 Å². The lowest BCUT2D eigenvalue weighted by molar-refractivity contribution is 0.402. The summed E-state index contributed by atoms with van der Waals surface area (Å²) >= 11 is 6.22. The van der Waals surface area contributed by atoms with Gasteiger partial charge in [0.15, 0.2) is 0 Å². The van der Waals surface area contributed by atoms with Crippen molar-refractivity contribution in [2.24, 2.45) is 0 Å². The Bertz CT molecular complexity index is 663. The minimum Gasteiger partial charge on any atom is -0.206 e. The van der Waals surface area contributed by atoms with Crippen LogP contribution in [0, 0.1) is 0 Å². The number of nitrogens with zero attached hydrogens (tertiary/aromatic N) is 1. The fraction of sp³-hybridized carbons (Fsp3) is 0.333. The van der Waals surface area contributed by atoms with E-state index in [4.69, 9.17) is 0 Å². The van der Waals surface area contributed by atoms with Crippen LogP contribution in [0.4, 0.5) is 0 Å². The van der Waals surface area contributed by atoms with Gasteiger partial charge in [-0.3, -0.25) is 0 Å². The third-order valence-electron chi connectivity index (χ3n) is 3.19. The number of halogens is 1. The average Bonchev–Trinajstić information content (AvgIpc) is 3.09. The second-order valence-corrected chi connectivity index (χ2v) is 9.91. The zero-order valence-corrected chi connectivity index (χ0v) is 14.0. The van der Waals surface area contributed by atoms with Crippen molar-refractivity contribution in [2.75, 3.05) is 6.54 Å². The maximum Gasteiger partial charge on any atom is 0.253 e. The zero-order chi connectivity index (χ0) is 13.5. The number of sulfonamides is 1. The van der Waals surface area contributed by atoms with Crippen LogP contribution in [-0.4, -0.2) is 19.3 Å². The molecule has 19 heavy (non-hydrogen) atoms. The first-order chi connectivity index (χ1) is 9.09. The van der Waals surface area contributed by atoms with E-state index < -0.39 is 10.0 Å². The van der Waals surface area contributed by atoms with Crippen LogP contribution in [-0.2, 0) is 10.0 Å². The molecule has 3 heterocycles. The van der Waals surface area contributed by atoms with Gasteiger partial charge in [0.1, 0.15) is 4.21 Å². The summed E-state index contributed by atoms with van der Waals surface area (Å²) in [6.07, 6.45) is 1.83. The Labute approximate surface area is 129 Å². The van der Waals surface area contributed by atoms with Crippen LogP contribution in [0.1, 0.15) is 23.8 Å². The van der Waals surface area contributed by atoms with Gasteiger partial charge in [0.25, 0.3) is 10.0 Å². The van der Waals surface area contributed by atoms with Crippen LogP contribution in [0.3, 0.4) is 0 Å². The van der Waals surface area contributed by atoms with Crippen molar-refractivity contribution >= 4 is 48.6 Å². The molecule has 0 N–H and O–H groups in total. The molecule has 2 aromatic rings. The summed E-state index contributed by atoms with van der Waals surface area (Å²) < 4.78 is 28.3. The molecule has 102 valence electrons. The molecule has 0 spiro atoms. The van der Waals surface area contributed by atoms with Crippen molar-refractivity contribution in [1.29, 1.82) is 0 Å². The summed E-state index contributed by atoms with van der Waals surface area (Å²) in [5, 5.41) is 2.00. The summed E-state index contributed by atoms with van der Waals surface area (Å²) in [6.45, 7) is 0.612. The monoisotopic (exact) mass is 377 g/mol. The average molecular weight is 378 g/mol. The summed E-state index contributed by atoms with van der Waals surface area (Å²) in [7, 11) is -3.36. The zero-order valence-electron chi connectivity index (χ0n) is 9.95. The highest BCUT2D eigenvalue weighted by Crippen LogP contribution is 2.40. The molecule has 0 saturated carbocycles. The topological polar surface area (TPSA) is 37.4 Å². The molecule has 3 nitrogen and oxygen atoms in total. The Morgan fingerprint density at radius 1 is 1.32 bits per heavy atom. The summed E-state index contributed by atoms with van der Waals surface area (Å²) in [5.74, 6) is 0. The Hall–Kier alpha value is -0.210. The van der Waals surface area contributed by atoms with E-state index in [9.17, 15) is 8.42 Å². The molecule has 1 aliphatic heterocycles. The molecule has 1 saturated heterocycles. The Balaban J connectivity index is 1.96. The first-order valence-electron chi connectivity index (χ1n) is 5.89. The standard InChI is InChI=1S/C12H12BrNO2S3/c13-11-5-6-12(18-11)19(15,16)14-7-1-3-9(14)10-4-2-8-17-10/h2,4-6,8-9H,1,3,7H2/t9-/m0/s1. The van der Waals surface area contributed by atoms with Gasteiger partial charge in [0.05, 0.1) is 9.83 Å². The third kappa shape index (κ3) is 2.54. The number of thiophene rings is 2. The van der Waals surface area contributed by atoms with Gasteiger partial charge in [-0.25, -0.2) is 8.42 Å². The highest BCUT2D eigenvalue weighted by Gasteiger charge is 2.37. The van der Waals surface area contributed by atoms with Gasteiger partial charge in [-0.1, -0.05) is 6.07 Å². The first-order valence-corrected chi connectivity index (χ1v) is 9.82. The second kappa shape index (κ2) is 5.29. The number of hydrogen-bond acceptors (Lipinski definition) is 4. The van der Waals surface area contributed by atoms with Crippen molar-refractivity contribution in [3.63, 3.8) is 0 Å². The van der Waals surface area contributed by atoms with Crippen LogP contribution >= 0.6 is 38.6 Å². The molecule has 2 aromatic heterocycles. The molecule has 0 aromatic carbocycles. The Morgan fingerprint density at radius 2 is 2.16 bits per heavy atom.